The standard InChI is InChI=1S/C21H22Cl2N2O4/c22-15-3-1-4-17(20(15)25-5-9-27-10-6-25)24-19(26)13-14-11-16(23)21-18(12-14)28-7-2-8-29-21/h1,3-4,11-12H,2,5-10,13H2,(H,24,26). The van der Waals surface area contributed by atoms with Crippen LogP contribution in [0.2, 0.25) is 10.0 Å². The molecular formula is C21H22Cl2N2O4. The van der Waals surface area contributed by atoms with E-state index in [1.54, 1.807) is 6.07 Å². The molecule has 29 heavy (non-hydrogen) atoms. The maximum absolute atomic E-state index is 12.8. The van der Waals surface area contributed by atoms with E-state index in [4.69, 9.17) is 37.4 Å². The smallest absolute Gasteiger partial charge is 0.228 e. The van der Waals surface area contributed by atoms with Gasteiger partial charge in [0.25, 0.3) is 0 Å². The predicted octanol–water partition coefficient (Wildman–Crippen LogP) is 4.17. The molecule has 1 N–H and O–H groups in total. The molecular weight excluding hydrogens is 415 g/mol. The molecule has 0 unspecified atom stereocenters. The van der Waals surface area contributed by atoms with E-state index in [0.29, 0.717) is 53.7 Å². The lowest BCUT2D eigenvalue weighted by atomic mass is 10.1. The van der Waals surface area contributed by atoms with Crippen LogP contribution >= 0.6 is 23.2 Å². The first-order valence-electron chi connectivity index (χ1n) is 9.61. The van der Waals surface area contributed by atoms with Crippen LogP contribution in [0.4, 0.5) is 11.4 Å². The van der Waals surface area contributed by atoms with Gasteiger partial charge in [0.05, 0.1) is 54.3 Å². The van der Waals surface area contributed by atoms with Crippen LogP contribution in [0, 0.1) is 0 Å². The van der Waals surface area contributed by atoms with Gasteiger partial charge in [-0.15, -0.1) is 0 Å². The minimum absolute atomic E-state index is 0.158. The summed E-state index contributed by atoms with van der Waals surface area (Å²) >= 11 is 12.8. The summed E-state index contributed by atoms with van der Waals surface area (Å²) in [5.41, 5.74) is 2.26. The molecule has 2 heterocycles. The van der Waals surface area contributed by atoms with E-state index in [1.165, 1.54) is 0 Å². The Morgan fingerprint density at radius 3 is 2.66 bits per heavy atom. The van der Waals surface area contributed by atoms with Crippen molar-refractivity contribution in [1.82, 2.24) is 0 Å². The van der Waals surface area contributed by atoms with Gasteiger partial charge in [0, 0.05) is 19.5 Å². The van der Waals surface area contributed by atoms with Gasteiger partial charge in [-0.1, -0.05) is 29.3 Å². The zero-order valence-electron chi connectivity index (χ0n) is 15.9. The van der Waals surface area contributed by atoms with Crippen molar-refractivity contribution in [2.24, 2.45) is 0 Å². The number of carbonyl (C=O) groups excluding carboxylic acids is 1. The normalized spacial score (nSPS) is 16.3. The van der Waals surface area contributed by atoms with Crippen molar-refractivity contribution < 1.29 is 19.0 Å². The minimum Gasteiger partial charge on any atom is -0.489 e. The summed E-state index contributed by atoms with van der Waals surface area (Å²) in [5, 5.41) is 4.04. The number of hydrogen-bond acceptors (Lipinski definition) is 5. The monoisotopic (exact) mass is 436 g/mol. The van der Waals surface area contributed by atoms with Crippen LogP contribution in [0.1, 0.15) is 12.0 Å². The first kappa shape index (κ1) is 20.1. The molecule has 2 aromatic rings. The SMILES string of the molecule is O=C(Cc1cc(Cl)c2c(c1)OCCCO2)Nc1cccc(Cl)c1N1CCOCC1. The Hall–Kier alpha value is -2.15. The van der Waals surface area contributed by atoms with Gasteiger partial charge < -0.3 is 24.4 Å². The topological polar surface area (TPSA) is 60.0 Å². The zero-order chi connectivity index (χ0) is 20.2. The molecule has 154 valence electrons. The summed E-state index contributed by atoms with van der Waals surface area (Å²) in [7, 11) is 0. The van der Waals surface area contributed by atoms with Crippen molar-refractivity contribution in [2.75, 3.05) is 49.7 Å². The number of ether oxygens (including phenoxy) is 3. The van der Waals surface area contributed by atoms with Crippen molar-refractivity contribution in [1.29, 1.82) is 0 Å². The fourth-order valence-corrected chi connectivity index (χ4v) is 4.07. The number of hydrogen-bond donors (Lipinski definition) is 1. The van der Waals surface area contributed by atoms with Gasteiger partial charge in [0.2, 0.25) is 5.91 Å². The summed E-state index contributed by atoms with van der Waals surface area (Å²) in [6.07, 6.45) is 0.950. The Bertz CT molecular complexity index is 900. The second kappa shape index (κ2) is 9.11. The van der Waals surface area contributed by atoms with Crippen molar-refractivity contribution in [3.63, 3.8) is 0 Å². The molecule has 1 saturated heterocycles. The van der Waals surface area contributed by atoms with Crippen molar-refractivity contribution in [3.8, 4) is 11.5 Å². The van der Waals surface area contributed by atoms with E-state index in [0.717, 1.165) is 30.8 Å². The van der Waals surface area contributed by atoms with Crippen LogP contribution in [0.15, 0.2) is 30.3 Å². The number of amides is 1. The summed E-state index contributed by atoms with van der Waals surface area (Å²) in [6.45, 7) is 3.84. The average Bonchev–Trinajstić information content (AvgIpc) is 2.94. The van der Waals surface area contributed by atoms with Crippen LogP contribution < -0.4 is 19.7 Å². The number of fused-ring (bicyclic) bond motifs is 1. The summed E-state index contributed by atoms with van der Waals surface area (Å²) in [6, 6.07) is 9.07. The highest BCUT2D eigenvalue weighted by molar-refractivity contribution is 6.34. The third kappa shape index (κ3) is 4.71. The number of carbonyl (C=O) groups is 1. The number of nitrogens with one attached hydrogen (secondary N) is 1. The van der Waals surface area contributed by atoms with Crippen molar-refractivity contribution in [2.45, 2.75) is 12.8 Å². The summed E-state index contributed by atoms with van der Waals surface area (Å²) < 4.78 is 16.8. The molecule has 6 nitrogen and oxygen atoms in total. The van der Waals surface area contributed by atoms with E-state index in [9.17, 15) is 4.79 Å². The molecule has 0 bridgehead atoms. The van der Waals surface area contributed by atoms with Crippen LogP contribution in [0.5, 0.6) is 11.5 Å². The van der Waals surface area contributed by atoms with Crippen molar-refractivity contribution >= 4 is 40.5 Å². The van der Waals surface area contributed by atoms with Gasteiger partial charge in [-0.2, -0.15) is 0 Å². The summed E-state index contributed by atoms with van der Waals surface area (Å²) in [5.74, 6) is 0.958. The molecule has 8 heteroatoms. The van der Waals surface area contributed by atoms with Gasteiger partial charge in [-0.3, -0.25) is 4.79 Å². The lowest BCUT2D eigenvalue weighted by Crippen LogP contribution is -2.37. The molecule has 0 radical (unpaired) electrons. The highest BCUT2D eigenvalue weighted by atomic mass is 35.5. The first-order chi connectivity index (χ1) is 14.1. The van der Waals surface area contributed by atoms with E-state index in [-0.39, 0.29) is 12.3 Å². The Balaban J connectivity index is 1.51. The number of para-hydroxylation sites is 1. The van der Waals surface area contributed by atoms with Crippen LogP contribution in [0.3, 0.4) is 0 Å². The van der Waals surface area contributed by atoms with Gasteiger partial charge >= 0.3 is 0 Å². The molecule has 0 atom stereocenters. The Kier molecular flexibility index (Phi) is 6.33. The highest BCUT2D eigenvalue weighted by Gasteiger charge is 2.20. The lowest BCUT2D eigenvalue weighted by Gasteiger charge is -2.31. The van der Waals surface area contributed by atoms with Crippen LogP contribution in [0.25, 0.3) is 0 Å². The van der Waals surface area contributed by atoms with Gasteiger partial charge in [0.1, 0.15) is 0 Å². The van der Waals surface area contributed by atoms with Gasteiger partial charge in [-0.25, -0.2) is 0 Å². The maximum Gasteiger partial charge on any atom is 0.228 e. The molecule has 1 fully saturated rings. The Labute approximate surface area is 179 Å². The van der Waals surface area contributed by atoms with E-state index in [2.05, 4.69) is 10.2 Å². The molecule has 0 aliphatic carbocycles. The predicted molar refractivity (Wildman–Crippen MR) is 114 cm³/mol. The molecule has 0 aromatic heterocycles. The number of benzene rings is 2. The second-order valence-electron chi connectivity index (χ2n) is 6.92. The number of morpholine rings is 1. The fourth-order valence-electron chi connectivity index (χ4n) is 3.49. The minimum atomic E-state index is -0.160. The molecule has 2 aliphatic rings. The third-order valence-corrected chi connectivity index (χ3v) is 5.40. The zero-order valence-corrected chi connectivity index (χ0v) is 17.4. The van der Waals surface area contributed by atoms with Crippen LogP contribution in [-0.4, -0.2) is 45.4 Å². The fraction of sp³-hybridized carbons (Fsp3) is 0.381. The highest BCUT2D eigenvalue weighted by Crippen LogP contribution is 2.38. The number of rotatable bonds is 4. The van der Waals surface area contributed by atoms with Crippen molar-refractivity contribution in [3.05, 3.63) is 45.9 Å². The Morgan fingerprint density at radius 2 is 1.83 bits per heavy atom. The molecule has 0 saturated carbocycles. The number of nitrogens with zero attached hydrogens (tertiary/aromatic N) is 1. The summed E-state index contributed by atoms with van der Waals surface area (Å²) in [4.78, 5) is 14.9. The lowest BCUT2D eigenvalue weighted by molar-refractivity contribution is -0.115. The van der Waals surface area contributed by atoms with E-state index in [1.807, 2.05) is 24.3 Å². The largest absolute Gasteiger partial charge is 0.489 e. The second-order valence-corrected chi connectivity index (χ2v) is 7.73. The number of anilines is 2. The molecule has 2 aliphatic heterocycles. The average molecular weight is 437 g/mol. The first-order valence-corrected chi connectivity index (χ1v) is 10.4. The quantitative estimate of drug-likeness (QED) is 0.778. The maximum atomic E-state index is 12.8. The van der Waals surface area contributed by atoms with E-state index >= 15 is 0 Å². The molecule has 4 rings (SSSR count). The third-order valence-electron chi connectivity index (χ3n) is 4.81. The molecule has 0 spiro atoms. The van der Waals surface area contributed by atoms with Gasteiger partial charge in [-0.05, 0) is 29.8 Å². The van der Waals surface area contributed by atoms with Gasteiger partial charge in [0.15, 0.2) is 11.5 Å². The molecule has 1 amide bonds. The number of halogens is 2. The Morgan fingerprint density at radius 1 is 1.03 bits per heavy atom. The molecule has 2 aromatic carbocycles. The van der Waals surface area contributed by atoms with E-state index < -0.39 is 0 Å². The van der Waals surface area contributed by atoms with Crippen LogP contribution in [-0.2, 0) is 16.0 Å².